The summed E-state index contributed by atoms with van der Waals surface area (Å²) < 4.78 is 9.67. The number of fused-ring (bicyclic) bond motifs is 2. The van der Waals surface area contributed by atoms with E-state index in [1.807, 2.05) is 43.3 Å². The first-order valence-corrected chi connectivity index (χ1v) is 9.23. The van der Waals surface area contributed by atoms with E-state index in [0.717, 1.165) is 22.2 Å². The molecule has 0 atom stereocenters. The number of nitrogens with zero attached hydrogens (tertiary/aromatic N) is 6. The minimum atomic E-state index is -0.0503. The minimum Gasteiger partial charge on any atom is -0.470 e. The molecule has 1 aromatic carbocycles. The molecule has 28 heavy (non-hydrogen) atoms. The third kappa shape index (κ3) is 2.77. The standard InChI is InChI=1S/C20H20N6O2/c1-13-7-19(26-20(23-13)21-12-22-26)28-15-10-25(11-15)18(27)8-14-9-24(2)17-6-4-3-5-16(14)17/h3-7,9,12,15H,8,10-11H2,1-2H3. The Kier molecular flexibility index (Phi) is 3.78. The summed E-state index contributed by atoms with van der Waals surface area (Å²) in [6.45, 7) is 3.03. The number of para-hydroxylation sites is 1. The van der Waals surface area contributed by atoms with E-state index in [1.54, 1.807) is 4.52 Å². The molecule has 3 aromatic heterocycles. The van der Waals surface area contributed by atoms with Gasteiger partial charge in [0.15, 0.2) is 0 Å². The van der Waals surface area contributed by atoms with Gasteiger partial charge in [-0.05, 0) is 18.6 Å². The van der Waals surface area contributed by atoms with Crippen molar-refractivity contribution in [1.29, 1.82) is 0 Å². The molecule has 1 amide bonds. The van der Waals surface area contributed by atoms with Gasteiger partial charge in [-0.1, -0.05) is 18.2 Å². The van der Waals surface area contributed by atoms with Gasteiger partial charge in [-0.25, -0.2) is 4.98 Å². The Labute approximate surface area is 161 Å². The Balaban J connectivity index is 1.25. The topological polar surface area (TPSA) is 77.5 Å². The van der Waals surface area contributed by atoms with Crippen LogP contribution < -0.4 is 4.74 Å². The van der Waals surface area contributed by atoms with Crippen molar-refractivity contribution in [3.8, 4) is 5.88 Å². The van der Waals surface area contributed by atoms with E-state index in [-0.39, 0.29) is 12.0 Å². The molecule has 0 bridgehead atoms. The molecule has 8 nitrogen and oxygen atoms in total. The van der Waals surface area contributed by atoms with Gasteiger partial charge in [0.05, 0.1) is 19.5 Å². The normalized spacial score (nSPS) is 14.6. The smallest absolute Gasteiger partial charge is 0.255 e. The minimum absolute atomic E-state index is 0.0503. The molecule has 0 radical (unpaired) electrons. The number of carbonyl (C=O) groups excluding carboxylic acids is 1. The summed E-state index contributed by atoms with van der Waals surface area (Å²) >= 11 is 0. The van der Waals surface area contributed by atoms with Crippen LogP contribution in [0.2, 0.25) is 0 Å². The second kappa shape index (κ2) is 6.33. The van der Waals surface area contributed by atoms with Gasteiger partial charge in [0, 0.05) is 35.9 Å². The lowest BCUT2D eigenvalue weighted by atomic mass is 10.1. The highest BCUT2D eigenvalue weighted by Gasteiger charge is 2.33. The number of carbonyl (C=O) groups is 1. The first-order chi connectivity index (χ1) is 13.6. The second-order valence-corrected chi connectivity index (χ2v) is 7.21. The van der Waals surface area contributed by atoms with Crippen molar-refractivity contribution in [2.24, 2.45) is 7.05 Å². The molecular weight excluding hydrogens is 356 g/mol. The maximum absolute atomic E-state index is 12.7. The van der Waals surface area contributed by atoms with Gasteiger partial charge in [-0.2, -0.15) is 14.6 Å². The highest BCUT2D eigenvalue weighted by atomic mass is 16.5. The number of hydrogen-bond acceptors (Lipinski definition) is 5. The molecule has 4 heterocycles. The van der Waals surface area contributed by atoms with Gasteiger partial charge in [-0.15, -0.1) is 0 Å². The van der Waals surface area contributed by atoms with Crippen molar-refractivity contribution in [2.45, 2.75) is 19.4 Å². The van der Waals surface area contributed by atoms with E-state index in [4.69, 9.17) is 4.74 Å². The van der Waals surface area contributed by atoms with Crippen LogP contribution >= 0.6 is 0 Å². The van der Waals surface area contributed by atoms with Crippen LogP contribution in [0.15, 0.2) is 42.9 Å². The maximum Gasteiger partial charge on any atom is 0.255 e. The van der Waals surface area contributed by atoms with Crippen molar-refractivity contribution in [3.05, 3.63) is 54.1 Å². The Morgan fingerprint density at radius 2 is 2.11 bits per heavy atom. The molecule has 8 heteroatoms. The molecule has 0 unspecified atom stereocenters. The van der Waals surface area contributed by atoms with Crippen LogP contribution in [0.5, 0.6) is 5.88 Å². The average Bonchev–Trinajstić information content (AvgIpc) is 3.23. The lowest BCUT2D eigenvalue weighted by Crippen LogP contribution is -2.56. The summed E-state index contributed by atoms with van der Waals surface area (Å²) in [6.07, 6.45) is 3.84. The number of benzene rings is 1. The van der Waals surface area contributed by atoms with E-state index in [1.165, 1.54) is 6.33 Å². The van der Waals surface area contributed by atoms with Gasteiger partial charge in [-0.3, -0.25) is 4.79 Å². The number of hydrogen-bond donors (Lipinski definition) is 0. The molecule has 1 saturated heterocycles. The van der Waals surface area contributed by atoms with Crippen LogP contribution in [0.4, 0.5) is 0 Å². The van der Waals surface area contributed by atoms with Gasteiger partial charge in [0.1, 0.15) is 12.4 Å². The Bertz CT molecular complexity index is 1190. The van der Waals surface area contributed by atoms with Crippen LogP contribution in [0.25, 0.3) is 16.7 Å². The van der Waals surface area contributed by atoms with E-state index >= 15 is 0 Å². The number of ether oxygens (including phenoxy) is 1. The number of aromatic nitrogens is 5. The lowest BCUT2D eigenvalue weighted by Gasteiger charge is -2.38. The van der Waals surface area contributed by atoms with Crippen molar-refractivity contribution >= 4 is 22.6 Å². The highest BCUT2D eigenvalue weighted by molar-refractivity contribution is 5.89. The average molecular weight is 376 g/mol. The molecule has 0 N–H and O–H groups in total. The SMILES string of the molecule is Cc1cc(OC2CN(C(=O)Cc3cn(C)c4ccccc34)C2)n2ncnc2n1. The fraction of sp³-hybridized carbons (Fsp3) is 0.300. The highest BCUT2D eigenvalue weighted by Crippen LogP contribution is 2.23. The molecule has 4 aromatic rings. The van der Waals surface area contributed by atoms with Gasteiger partial charge < -0.3 is 14.2 Å². The zero-order valence-electron chi connectivity index (χ0n) is 15.7. The molecule has 0 saturated carbocycles. The van der Waals surface area contributed by atoms with Crippen molar-refractivity contribution in [3.63, 3.8) is 0 Å². The third-order valence-electron chi connectivity index (χ3n) is 5.16. The monoisotopic (exact) mass is 376 g/mol. The third-order valence-corrected chi connectivity index (χ3v) is 5.16. The summed E-state index contributed by atoms with van der Waals surface area (Å²) in [6, 6.07) is 9.99. The van der Waals surface area contributed by atoms with Crippen LogP contribution in [-0.4, -0.2) is 54.1 Å². The van der Waals surface area contributed by atoms with E-state index in [2.05, 4.69) is 31.8 Å². The number of likely N-dealkylation sites (tertiary alicyclic amines) is 1. The zero-order chi connectivity index (χ0) is 19.3. The first kappa shape index (κ1) is 16.7. The van der Waals surface area contributed by atoms with Gasteiger partial charge in [0.25, 0.3) is 5.78 Å². The largest absolute Gasteiger partial charge is 0.470 e. The zero-order valence-corrected chi connectivity index (χ0v) is 15.7. The molecular formula is C20H20N6O2. The molecule has 1 fully saturated rings. The van der Waals surface area contributed by atoms with Crippen molar-refractivity contribution in [1.82, 2.24) is 29.0 Å². The van der Waals surface area contributed by atoms with Gasteiger partial charge >= 0.3 is 0 Å². The molecule has 142 valence electrons. The van der Waals surface area contributed by atoms with Crippen LogP contribution in [0.1, 0.15) is 11.3 Å². The maximum atomic E-state index is 12.7. The van der Waals surface area contributed by atoms with E-state index < -0.39 is 0 Å². The quantitative estimate of drug-likeness (QED) is 0.542. The summed E-state index contributed by atoms with van der Waals surface area (Å²) in [4.78, 5) is 22.9. The van der Waals surface area contributed by atoms with Crippen molar-refractivity contribution < 1.29 is 9.53 Å². The lowest BCUT2D eigenvalue weighted by molar-refractivity contribution is -0.139. The number of rotatable bonds is 4. The Morgan fingerprint density at radius 3 is 2.96 bits per heavy atom. The first-order valence-electron chi connectivity index (χ1n) is 9.23. The summed E-state index contributed by atoms with van der Waals surface area (Å²) in [5, 5.41) is 5.28. The Morgan fingerprint density at radius 1 is 1.29 bits per heavy atom. The van der Waals surface area contributed by atoms with Crippen LogP contribution in [0.3, 0.4) is 0 Å². The molecule has 5 rings (SSSR count). The number of aryl methyl sites for hydroxylation is 2. The predicted molar refractivity (Wildman–Crippen MR) is 103 cm³/mol. The summed E-state index contributed by atoms with van der Waals surface area (Å²) in [7, 11) is 2.01. The molecule has 1 aliphatic heterocycles. The van der Waals surface area contributed by atoms with Gasteiger partial charge in [0.2, 0.25) is 11.8 Å². The van der Waals surface area contributed by atoms with E-state index in [9.17, 15) is 4.79 Å². The fourth-order valence-corrected chi connectivity index (χ4v) is 3.71. The van der Waals surface area contributed by atoms with Crippen LogP contribution in [0, 0.1) is 6.92 Å². The Hall–Kier alpha value is -3.42. The fourth-order valence-electron chi connectivity index (χ4n) is 3.71. The second-order valence-electron chi connectivity index (χ2n) is 7.21. The summed E-state index contributed by atoms with van der Waals surface area (Å²) in [5.41, 5.74) is 3.01. The summed E-state index contributed by atoms with van der Waals surface area (Å²) in [5.74, 6) is 1.23. The molecule has 0 spiro atoms. The van der Waals surface area contributed by atoms with E-state index in [0.29, 0.717) is 31.2 Å². The predicted octanol–water partition coefficient (Wildman–Crippen LogP) is 1.76. The molecule has 1 aliphatic rings. The van der Waals surface area contributed by atoms with Crippen LogP contribution in [-0.2, 0) is 18.3 Å². The number of amides is 1. The van der Waals surface area contributed by atoms with Crippen molar-refractivity contribution in [2.75, 3.05) is 13.1 Å². The molecule has 0 aliphatic carbocycles.